The van der Waals surface area contributed by atoms with Gasteiger partial charge >= 0.3 is 10.1 Å². The number of carbonyl (C=O) groups excluding carboxylic acids is 1. The van der Waals surface area contributed by atoms with Crippen molar-refractivity contribution in [3.8, 4) is 0 Å². The highest BCUT2D eigenvalue weighted by atomic mass is 35.5. The van der Waals surface area contributed by atoms with Crippen LogP contribution in [0.25, 0.3) is 0 Å². The summed E-state index contributed by atoms with van der Waals surface area (Å²) in [4.78, 5) is 13.1. The van der Waals surface area contributed by atoms with Crippen LogP contribution in [0.1, 0.15) is 11.1 Å². The van der Waals surface area contributed by atoms with E-state index in [-0.39, 0.29) is 10.6 Å². The molecule has 0 saturated heterocycles. The maximum atomic E-state index is 13.1. The molecule has 0 radical (unpaired) electrons. The molecular formula is C17H16B3Cl2NO5S. The molecule has 2 aromatic rings. The molecule has 0 spiro atoms. The zero-order valence-corrected chi connectivity index (χ0v) is 18.2. The van der Waals surface area contributed by atoms with Gasteiger partial charge in [0.2, 0.25) is 17.4 Å². The normalized spacial score (nSPS) is 19.9. The molecule has 0 aliphatic carbocycles. The number of Topliss-reactive ketones (excluding diaryl/α,β-unsaturated/α-hetero) is 1. The molecule has 0 amide bonds. The minimum Gasteiger partial charge on any atom is -0.467 e. The summed E-state index contributed by atoms with van der Waals surface area (Å²) >= 11 is 12.2. The van der Waals surface area contributed by atoms with E-state index in [2.05, 4.69) is 0 Å². The first-order valence-corrected chi connectivity index (χ1v) is 10.8. The largest absolute Gasteiger partial charge is 0.467 e. The summed E-state index contributed by atoms with van der Waals surface area (Å²) in [5.74, 6) is -1.81. The van der Waals surface area contributed by atoms with Crippen molar-refractivity contribution in [1.82, 2.24) is 0 Å². The molecule has 0 aromatic heterocycles. The van der Waals surface area contributed by atoms with Crippen LogP contribution in [-0.4, -0.2) is 37.7 Å². The van der Waals surface area contributed by atoms with Gasteiger partial charge in [0.1, 0.15) is 15.7 Å². The summed E-state index contributed by atoms with van der Waals surface area (Å²) < 4.78 is 35.3. The van der Waals surface area contributed by atoms with Crippen LogP contribution in [0.2, 0.25) is 10.0 Å². The lowest BCUT2D eigenvalue weighted by atomic mass is 9.65. The second-order valence-electron chi connectivity index (χ2n) is 7.20. The maximum absolute atomic E-state index is 13.1. The lowest BCUT2D eigenvalue weighted by molar-refractivity contribution is -0.126. The van der Waals surface area contributed by atoms with Gasteiger partial charge in [-0.05, 0) is 23.8 Å². The maximum Gasteiger partial charge on any atom is 0.304 e. The topological polar surface area (TPSA) is 95.7 Å². The molecule has 1 unspecified atom stereocenters. The monoisotopic (exact) mass is 449 g/mol. The van der Waals surface area contributed by atoms with Crippen LogP contribution in [0.4, 0.5) is 0 Å². The van der Waals surface area contributed by atoms with E-state index in [1.54, 1.807) is 36.4 Å². The Hall–Kier alpha value is -2.03. The van der Waals surface area contributed by atoms with Crippen molar-refractivity contribution in [2.75, 3.05) is 0 Å². The fourth-order valence-electron chi connectivity index (χ4n) is 2.96. The summed E-state index contributed by atoms with van der Waals surface area (Å²) in [6, 6.07) is 13.0. The van der Waals surface area contributed by atoms with E-state index in [0.717, 1.165) is 0 Å². The van der Waals surface area contributed by atoms with Crippen molar-refractivity contribution in [2.45, 2.75) is 10.0 Å². The molecule has 1 aliphatic rings. The number of hydrogen-bond donors (Lipinski definition) is 1. The van der Waals surface area contributed by atoms with Crippen LogP contribution in [-0.2, 0) is 33.9 Å². The zero-order valence-electron chi connectivity index (χ0n) is 15.9. The van der Waals surface area contributed by atoms with Gasteiger partial charge in [0.15, 0.2) is 13.3 Å². The standard InChI is InChI=1S/C17H16B3Cl2NO5S/c18-16(11-8-10(21)6-7-12(11)22)14(24)13(15(23)27-16)28-29(25,26)17(19,20)9-4-2-1-3-5-9/h1-8H,18-20,23H2. The van der Waals surface area contributed by atoms with Crippen molar-refractivity contribution in [2.24, 2.45) is 5.73 Å². The van der Waals surface area contributed by atoms with E-state index in [4.69, 9.17) is 37.9 Å². The van der Waals surface area contributed by atoms with Crippen LogP contribution >= 0.6 is 23.2 Å². The van der Waals surface area contributed by atoms with E-state index in [1.165, 1.54) is 35.7 Å². The fourth-order valence-corrected chi connectivity index (χ4v) is 4.44. The first-order chi connectivity index (χ1) is 13.4. The minimum atomic E-state index is -4.31. The van der Waals surface area contributed by atoms with Crippen LogP contribution in [0.3, 0.4) is 0 Å². The molecule has 148 valence electrons. The molecule has 1 atom stereocenters. The summed E-state index contributed by atoms with van der Waals surface area (Å²) in [5.41, 5.74) is 4.90. The van der Waals surface area contributed by atoms with Gasteiger partial charge < -0.3 is 14.7 Å². The lowest BCUT2D eigenvalue weighted by Gasteiger charge is -2.26. The van der Waals surface area contributed by atoms with Gasteiger partial charge in [0, 0.05) is 15.6 Å². The van der Waals surface area contributed by atoms with Crippen LogP contribution in [0, 0.1) is 0 Å². The predicted molar refractivity (Wildman–Crippen MR) is 119 cm³/mol. The Balaban J connectivity index is 1.97. The van der Waals surface area contributed by atoms with Crippen LogP contribution in [0.15, 0.2) is 60.2 Å². The van der Waals surface area contributed by atoms with Gasteiger partial charge in [0.25, 0.3) is 0 Å². The summed E-state index contributed by atoms with van der Waals surface area (Å²) in [6.45, 7) is 0. The van der Waals surface area contributed by atoms with E-state index in [0.29, 0.717) is 10.6 Å². The molecular weight excluding hydrogens is 434 g/mol. The third-order valence-corrected chi connectivity index (χ3v) is 7.34. The number of ether oxygens (including phenoxy) is 1. The minimum absolute atomic E-state index is 0.215. The quantitative estimate of drug-likeness (QED) is 0.507. The number of nitrogens with two attached hydrogens (primary N) is 1. The molecule has 6 nitrogen and oxygen atoms in total. The van der Waals surface area contributed by atoms with E-state index in [1.807, 2.05) is 0 Å². The highest BCUT2D eigenvalue weighted by molar-refractivity contribution is 7.90. The first kappa shape index (κ1) is 21.7. The predicted octanol–water partition coefficient (Wildman–Crippen LogP) is -0.0705. The van der Waals surface area contributed by atoms with Gasteiger partial charge in [-0.1, -0.05) is 53.5 Å². The number of halogens is 2. The fraction of sp³-hybridized carbons (Fsp3) is 0.118. The average molecular weight is 450 g/mol. The Morgan fingerprint density at radius 3 is 2.34 bits per heavy atom. The van der Waals surface area contributed by atoms with Gasteiger partial charge in [-0.2, -0.15) is 8.42 Å². The second kappa shape index (κ2) is 7.34. The van der Waals surface area contributed by atoms with Gasteiger partial charge in [0.05, 0.1) is 4.55 Å². The SMILES string of the molecule is BC1(c2cc(Cl)ccc2Cl)OC(N)=C(OS(=O)(=O)C(B)(B)c2ccccc2)C1=O. The highest BCUT2D eigenvalue weighted by Crippen LogP contribution is 2.41. The van der Waals surface area contributed by atoms with Crippen molar-refractivity contribution >= 4 is 62.6 Å². The van der Waals surface area contributed by atoms with E-state index < -0.39 is 37.6 Å². The Kier molecular flexibility index (Phi) is 5.49. The summed E-state index contributed by atoms with van der Waals surface area (Å²) in [6.07, 6.45) is 0. The number of hydrogen-bond acceptors (Lipinski definition) is 6. The average Bonchev–Trinajstić information content (AvgIpc) is 2.88. The van der Waals surface area contributed by atoms with Crippen molar-refractivity contribution < 1.29 is 22.1 Å². The molecule has 0 fully saturated rings. The Bertz CT molecular complexity index is 1130. The lowest BCUT2D eigenvalue weighted by Crippen LogP contribution is -2.40. The van der Waals surface area contributed by atoms with E-state index >= 15 is 0 Å². The van der Waals surface area contributed by atoms with Crippen LogP contribution < -0.4 is 5.73 Å². The van der Waals surface area contributed by atoms with Gasteiger partial charge in [-0.3, -0.25) is 4.79 Å². The summed E-state index contributed by atoms with van der Waals surface area (Å²) in [5, 5.41) is 0.541. The van der Waals surface area contributed by atoms with Crippen molar-refractivity contribution in [3.05, 3.63) is 81.3 Å². The van der Waals surface area contributed by atoms with Crippen molar-refractivity contribution in [3.63, 3.8) is 0 Å². The smallest absolute Gasteiger partial charge is 0.304 e. The molecule has 0 bridgehead atoms. The molecule has 0 saturated carbocycles. The zero-order chi connectivity index (χ0) is 21.6. The van der Waals surface area contributed by atoms with Crippen LogP contribution in [0.5, 0.6) is 0 Å². The molecule has 1 heterocycles. The third-order valence-electron chi connectivity index (χ3n) is 4.91. The highest BCUT2D eigenvalue weighted by Gasteiger charge is 2.51. The first-order valence-electron chi connectivity index (χ1n) is 8.59. The Morgan fingerprint density at radius 2 is 1.72 bits per heavy atom. The Morgan fingerprint density at radius 1 is 1.10 bits per heavy atom. The van der Waals surface area contributed by atoms with Gasteiger partial charge in [-0.15, -0.1) is 0 Å². The summed E-state index contributed by atoms with van der Waals surface area (Å²) in [7, 11) is 0.0590. The van der Waals surface area contributed by atoms with E-state index in [9.17, 15) is 13.2 Å². The number of carbonyl (C=O) groups is 1. The molecule has 1 aliphatic heterocycles. The number of rotatable bonds is 5. The number of ketones is 1. The molecule has 2 aromatic carbocycles. The number of benzene rings is 2. The van der Waals surface area contributed by atoms with Crippen molar-refractivity contribution in [1.29, 1.82) is 0 Å². The molecule has 2 N–H and O–H groups in total. The Labute approximate surface area is 181 Å². The molecule has 3 rings (SSSR count). The second-order valence-corrected chi connectivity index (χ2v) is 10.1. The molecule has 29 heavy (non-hydrogen) atoms. The van der Waals surface area contributed by atoms with Gasteiger partial charge in [-0.25, -0.2) is 0 Å². The third kappa shape index (κ3) is 3.65. The molecule has 12 heteroatoms.